The molecule has 0 atom stereocenters. The van der Waals surface area contributed by atoms with E-state index in [1.165, 1.54) is 16.3 Å². The normalized spacial score (nSPS) is 16.9. The van der Waals surface area contributed by atoms with Crippen LogP contribution in [0.5, 0.6) is 0 Å². The van der Waals surface area contributed by atoms with Gasteiger partial charge in [-0.2, -0.15) is 4.31 Å². The van der Waals surface area contributed by atoms with E-state index in [9.17, 15) is 13.2 Å². The van der Waals surface area contributed by atoms with Gasteiger partial charge < -0.3 is 4.90 Å². The van der Waals surface area contributed by atoms with Crippen LogP contribution in [-0.2, 0) is 20.3 Å². The van der Waals surface area contributed by atoms with Gasteiger partial charge in [-0.1, -0.05) is 32.9 Å². The van der Waals surface area contributed by atoms with Crippen molar-refractivity contribution in [1.82, 2.24) is 14.7 Å². The molecule has 1 N–H and O–H groups in total. The number of carbonyl (C=O) groups is 1. The van der Waals surface area contributed by atoms with E-state index >= 15 is 0 Å². The molecule has 2 rings (SSSR count). The minimum atomic E-state index is -3.54. The Hall–Kier alpha value is -1.64. The van der Waals surface area contributed by atoms with Crippen molar-refractivity contribution in [3.8, 4) is 0 Å². The third-order valence-electron chi connectivity index (χ3n) is 4.07. The zero-order valence-corrected chi connectivity index (χ0v) is 15.4. The fourth-order valence-corrected chi connectivity index (χ4v) is 3.98. The van der Waals surface area contributed by atoms with E-state index in [2.05, 4.69) is 31.1 Å². The highest BCUT2D eigenvalue weighted by Gasteiger charge is 2.30. The average Bonchev–Trinajstić information content (AvgIpc) is 2.54. The van der Waals surface area contributed by atoms with Crippen LogP contribution in [0, 0.1) is 0 Å². The quantitative estimate of drug-likeness (QED) is 0.835. The van der Waals surface area contributed by atoms with Gasteiger partial charge in [0.15, 0.2) is 0 Å². The average molecular weight is 355 g/mol. The van der Waals surface area contributed by atoms with Gasteiger partial charge in [-0.25, -0.2) is 18.7 Å². The van der Waals surface area contributed by atoms with Crippen LogP contribution in [0.4, 0.5) is 4.79 Å². The molecule has 0 radical (unpaired) electrons. The third-order valence-corrected chi connectivity index (χ3v) is 5.99. The van der Waals surface area contributed by atoms with Crippen LogP contribution in [-0.4, -0.2) is 56.9 Å². The molecule has 24 heavy (non-hydrogen) atoms. The van der Waals surface area contributed by atoms with Gasteiger partial charge in [-0.05, 0) is 23.1 Å². The number of urea groups is 1. The number of sulfonamides is 1. The van der Waals surface area contributed by atoms with Crippen molar-refractivity contribution in [1.29, 1.82) is 0 Å². The lowest BCUT2D eigenvalue weighted by molar-refractivity contribution is 0.0800. The van der Waals surface area contributed by atoms with E-state index in [-0.39, 0.29) is 29.4 Å². The minimum Gasteiger partial charge on any atom is -0.320 e. The van der Waals surface area contributed by atoms with Crippen molar-refractivity contribution in [2.45, 2.75) is 31.1 Å². The van der Waals surface area contributed by atoms with Gasteiger partial charge in [-0.3, -0.25) is 4.84 Å². The largest absolute Gasteiger partial charge is 0.341 e. The molecule has 1 aliphatic rings. The Morgan fingerprint density at radius 1 is 1.08 bits per heavy atom. The second-order valence-corrected chi connectivity index (χ2v) is 8.71. The van der Waals surface area contributed by atoms with Crippen molar-refractivity contribution in [3.63, 3.8) is 0 Å². The number of nitrogens with zero attached hydrogens (tertiary/aromatic N) is 2. The number of rotatable bonds is 3. The Labute approximate surface area is 143 Å². The van der Waals surface area contributed by atoms with Gasteiger partial charge in [0.25, 0.3) is 0 Å². The summed E-state index contributed by atoms with van der Waals surface area (Å²) in [6.07, 6.45) is 0. The Kier molecular flexibility index (Phi) is 5.52. The monoisotopic (exact) mass is 355 g/mol. The Bertz CT molecular complexity index is 672. The lowest BCUT2D eigenvalue weighted by Gasteiger charge is -2.33. The van der Waals surface area contributed by atoms with E-state index < -0.39 is 10.0 Å². The van der Waals surface area contributed by atoms with Crippen molar-refractivity contribution in [2.75, 3.05) is 33.3 Å². The zero-order valence-electron chi connectivity index (χ0n) is 14.6. The molecule has 8 heteroatoms. The van der Waals surface area contributed by atoms with Crippen LogP contribution in [0.3, 0.4) is 0 Å². The number of hydroxylamine groups is 1. The number of nitrogens with one attached hydrogen (secondary N) is 1. The number of hydrogen-bond acceptors (Lipinski definition) is 4. The number of piperazine rings is 1. The maximum atomic E-state index is 12.7. The molecule has 0 unspecified atom stereocenters. The number of carbonyl (C=O) groups excluding carboxylic acids is 1. The minimum absolute atomic E-state index is 0.0252. The standard InChI is InChI=1S/C16H25N3O4S/c1-16(2,3)13-5-7-14(8-6-13)24(21,22)19-11-9-18(10-12-19)15(20)17-23-4/h5-8H,9-12H2,1-4H3,(H,17,20). The summed E-state index contributed by atoms with van der Waals surface area (Å²) >= 11 is 0. The first-order valence-electron chi connectivity index (χ1n) is 7.85. The molecule has 0 aliphatic carbocycles. The molecule has 1 aromatic rings. The highest BCUT2D eigenvalue weighted by atomic mass is 32.2. The molecule has 0 saturated carbocycles. The SMILES string of the molecule is CONC(=O)N1CCN(S(=O)(=O)c2ccc(C(C)(C)C)cc2)CC1. The Morgan fingerprint density at radius 3 is 2.08 bits per heavy atom. The van der Waals surface area contributed by atoms with Crippen molar-refractivity contribution < 1.29 is 18.0 Å². The lowest BCUT2D eigenvalue weighted by atomic mass is 9.87. The summed E-state index contributed by atoms with van der Waals surface area (Å²) in [5.74, 6) is 0. The van der Waals surface area contributed by atoms with Crippen molar-refractivity contribution >= 4 is 16.1 Å². The first-order chi connectivity index (χ1) is 11.2. The first kappa shape index (κ1) is 18.7. The highest BCUT2D eigenvalue weighted by Crippen LogP contribution is 2.25. The second-order valence-electron chi connectivity index (χ2n) is 6.78. The van der Waals surface area contributed by atoms with Crippen LogP contribution in [0.2, 0.25) is 0 Å². The lowest BCUT2D eigenvalue weighted by Crippen LogP contribution is -2.52. The molecule has 2 amide bonds. The number of benzene rings is 1. The molecule has 0 spiro atoms. The van der Waals surface area contributed by atoms with Gasteiger partial charge in [-0.15, -0.1) is 0 Å². The maximum absolute atomic E-state index is 12.7. The molecule has 1 aromatic carbocycles. The third kappa shape index (κ3) is 4.06. The number of hydrogen-bond donors (Lipinski definition) is 1. The van der Waals surface area contributed by atoms with Gasteiger partial charge in [0.1, 0.15) is 0 Å². The van der Waals surface area contributed by atoms with E-state index in [1.54, 1.807) is 12.1 Å². The Morgan fingerprint density at radius 2 is 1.62 bits per heavy atom. The van der Waals surface area contributed by atoms with E-state index in [4.69, 9.17) is 0 Å². The summed E-state index contributed by atoms with van der Waals surface area (Å²) in [7, 11) is -2.18. The number of amides is 2. The molecular weight excluding hydrogens is 330 g/mol. The van der Waals surface area contributed by atoms with Crippen LogP contribution < -0.4 is 5.48 Å². The molecule has 7 nitrogen and oxygen atoms in total. The predicted molar refractivity (Wildman–Crippen MR) is 91.0 cm³/mol. The predicted octanol–water partition coefficient (Wildman–Crippen LogP) is 1.56. The summed E-state index contributed by atoms with van der Waals surface area (Å²) in [4.78, 5) is 18.1. The second kappa shape index (κ2) is 7.08. The molecule has 1 saturated heterocycles. The summed E-state index contributed by atoms with van der Waals surface area (Å²) in [5.41, 5.74) is 3.30. The topological polar surface area (TPSA) is 79.0 Å². The molecule has 1 heterocycles. The molecule has 1 aliphatic heterocycles. The van der Waals surface area contributed by atoms with Crippen molar-refractivity contribution in [2.24, 2.45) is 0 Å². The van der Waals surface area contributed by atoms with E-state index in [0.29, 0.717) is 13.1 Å². The van der Waals surface area contributed by atoms with Gasteiger partial charge in [0.2, 0.25) is 10.0 Å². The summed E-state index contributed by atoms with van der Waals surface area (Å²) < 4.78 is 26.9. The fraction of sp³-hybridized carbons (Fsp3) is 0.562. The summed E-state index contributed by atoms with van der Waals surface area (Å²) in [6, 6.07) is 6.66. The molecule has 0 aromatic heterocycles. The van der Waals surface area contributed by atoms with E-state index in [0.717, 1.165) is 5.56 Å². The molecule has 1 fully saturated rings. The summed E-state index contributed by atoms with van der Waals surface area (Å²) in [6.45, 7) is 7.44. The molecular formula is C16H25N3O4S. The molecule has 134 valence electrons. The Balaban J connectivity index is 2.08. The van der Waals surface area contributed by atoms with Crippen molar-refractivity contribution in [3.05, 3.63) is 29.8 Å². The van der Waals surface area contributed by atoms with Gasteiger partial charge >= 0.3 is 6.03 Å². The smallest absolute Gasteiger partial charge is 0.320 e. The first-order valence-corrected chi connectivity index (χ1v) is 9.29. The highest BCUT2D eigenvalue weighted by molar-refractivity contribution is 7.89. The van der Waals surface area contributed by atoms with Gasteiger partial charge in [0.05, 0.1) is 12.0 Å². The van der Waals surface area contributed by atoms with Crippen LogP contribution in [0.1, 0.15) is 26.3 Å². The van der Waals surface area contributed by atoms with Gasteiger partial charge in [0, 0.05) is 26.2 Å². The van der Waals surface area contributed by atoms with Crippen LogP contribution >= 0.6 is 0 Å². The molecule has 0 bridgehead atoms. The zero-order chi connectivity index (χ0) is 18.0. The summed E-state index contributed by atoms with van der Waals surface area (Å²) in [5, 5.41) is 0. The fourth-order valence-electron chi connectivity index (χ4n) is 2.56. The van der Waals surface area contributed by atoms with E-state index in [1.807, 2.05) is 12.1 Å². The maximum Gasteiger partial charge on any atom is 0.341 e. The van der Waals surface area contributed by atoms with Crippen LogP contribution in [0.15, 0.2) is 29.2 Å². The van der Waals surface area contributed by atoms with Crippen LogP contribution in [0.25, 0.3) is 0 Å².